The second kappa shape index (κ2) is 4.31. The van der Waals surface area contributed by atoms with Crippen LogP contribution in [0.2, 0.25) is 0 Å². The molecule has 0 atom stereocenters. The standard InChI is InChI=1S/C7H9N5O3/c1-3-9-5(11-7(8)10-3)4(6(13)14)12-15-2/h1-2H3,(H,13,14)(H2,8,9,10,11)/b12-4-. The number of carboxylic acids is 1. The highest BCUT2D eigenvalue weighted by Gasteiger charge is 2.18. The van der Waals surface area contributed by atoms with Crippen LogP contribution in [0.4, 0.5) is 5.95 Å². The molecule has 15 heavy (non-hydrogen) atoms. The van der Waals surface area contributed by atoms with E-state index in [2.05, 4.69) is 24.9 Å². The Bertz CT molecular complexity index is 397. The molecule has 1 aromatic rings. The molecular formula is C7H9N5O3. The SMILES string of the molecule is CO/N=C(\C(=O)O)c1nc(C)nc(N)n1. The molecule has 80 valence electrons. The van der Waals surface area contributed by atoms with E-state index < -0.39 is 11.7 Å². The molecule has 0 radical (unpaired) electrons. The number of anilines is 1. The number of carboxylic acid groups (broad SMARTS) is 1. The van der Waals surface area contributed by atoms with Crippen LogP contribution in [0.1, 0.15) is 11.6 Å². The molecule has 0 bridgehead atoms. The van der Waals surface area contributed by atoms with E-state index in [4.69, 9.17) is 10.8 Å². The first kappa shape index (κ1) is 10.8. The fourth-order valence-corrected chi connectivity index (χ4v) is 0.875. The van der Waals surface area contributed by atoms with Gasteiger partial charge >= 0.3 is 5.97 Å². The summed E-state index contributed by atoms with van der Waals surface area (Å²) < 4.78 is 0. The Balaban J connectivity index is 3.23. The van der Waals surface area contributed by atoms with Crippen molar-refractivity contribution in [2.24, 2.45) is 5.16 Å². The van der Waals surface area contributed by atoms with Gasteiger partial charge in [-0.05, 0) is 6.92 Å². The van der Waals surface area contributed by atoms with Gasteiger partial charge in [0.1, 0.15) is 12.9 Å². The number of aryl methyl sites for hydroxylation is 1. The van der Waals surface area contributed by atoms with Gasteiger partial charge in [0.2, 0.25) is 11.7 Å². The lowest BCUT2D eigenvalue weighted by atomic mass is 10.3. The first-order chi connectivity index (χ1) is 7.04. The fourth-order valence-electron chi connectivity index (χ4n) is 0.875. The van der Waals surface area contributed by atoms with Crippen molar-refractivity contribution in [1.82, 2.24) is 15.0 Å². The minimum atomic E-state index is -1.30. The van der Waals surface area contributed by atoms with E-state index in [9.17, 15) is 4.79 Å². The molecule has 8 heteroatoms. The van der Waals surface area contributed by atoms with Gasteiger partial charge in [0.05, 0.1) is 0 Å². The van der Waals surface area contributed by atoms with Gasteiger partial charge in [0.15, 0.2) is 5.82 Å². The molecule has 0 aromatic carbocycles. The van der Waals surface area contributed by atoms with Gasteiger partial charge < -0.3 is 15.7 Å². The van der Waals surface area contributed by atoms with Crippen molar-refractivity contribution in [3.05, 3.63) is 11.6 Å². The van der Waals surface area contributed by atoms with Crippen LogP contribution in [0, 0.1) is 6.92 Å². The van der Waals surface area contributed by atoms with Gasteiger partial charge in [0.25, 0.3) is 0 Å². The van der Waals surface area contributed by atoms with E-state index >= 15 is 0 Å². The minimum Gasteiger partial charge on any atom is -0.476 e. The van der Waals surface area contributed by atoms with Gasteiger partial charge in [-0.3, -0.25) is 0 Å². The molecule has 1 aromatic heterocycles. The van der Waals surface area contributed by atoms with Crippen LogP contribution in [-0.4, -0.2) is 38.8 Å². The molecule has 0 aliphatic heterocycles. The molecule has 0 spiro atoms. The Hall–Kier alpha value is -2.25. The number of nitrogens with zero attached hydrogens (tertiary/aromatic N) is 4. The van der Waals surface area contributed by atoms with Crippen molar-refractivity contribution in [3.63, 3.8) is 0 Å². The van der Waals surface area contributed by atoms with Crippen molar-refractivity contribution in [1.29, 1.82) is 0 Å². The summed E-state index contributed by atoms with van der Waals surface area (Å²) in [5.74, 6) is -1.19. The summed E-state index contributed by atoms with van der Waals surface area (Å²) >= 11 is 0. The number of carbonyl (C=O) groups is 1. The lowest BCUT2D eigenvalue weighted by Gasteiger charge is -2.01. The van der Waals surface area contributed by atoms with E-state index in [-0.39, 0.29) is 11.8 Å². The summed E-state index contributed by atoms with van der Waals surface area (Å²) in [6, 6.07) is 0. The zero-order chi connectivity index (χ0) is 11.4. The van der Waals surface area contributed by atoms with E-state index in [1.54, 1.807) is 6.92 Å². The second-order valence-electron chi connectivity index (χ2n) is 2.49. The Labute approximate surface area is 84.8 Å². The van der Waals surface area contributed by atoms with Gasteiger partial charge in [0, 0.05) is 0 Å². The van der Waals surface area contributed by atoms with E-state index in [1.165, 1.54) is 7.11 Å². The Kier molecular flexibility index (Phi) is 3.11. The number of oxime groups is 1. The first-order valence-corrected chi connectivity index (χ1v) is 3.87. The van der Waals surface area contributed by atoms with Crippen LogP contribution in [0.5, 0.6) is 0 Å². The van der Waals surface area contributed by atoms with Gasteiger partial charge in [-0.15, -0.1) is 0 Å². The molecule has 0 unspecified atom stereocenters. The number of rotatable bonds is 3. The third-order valence-electron chi connectivity index (χ3n) is 1.36. The Morgan fingerprint density at radius 1 is 1.47 bits per heavy atom. The third-order valence-corrected chi connectivity index (χ3v) is 1.36. The lowest BCUT2D eigenvalue weighted by molar-refractivity contribution is -0.129. The van der Waals surface area contributed by atoms with Crippen molar-refractivity contribution >= 4 is 17.6 Å². The number of aromatic nitrogens is 3. The predicted octanol–water partition coefficient (Wildman–Crippen LogP) is -0.803. The Morgan fingerprint density at radius 2 is 2.13 bits per heavy atom. The van der Waals surface area contributed by atoms with Crippen molar-refractivity contribution < 1.29 is 14.7 Å². The molecule has 0 amide bonds. The summed E-state index contributed by atoms with van der Waals surface area (Å²) in [7, 11) is 1.22. The molecular weight excluding hydrogens is 202 g/mol. The van der Waals surface area contributed by atoms with E-state index in [1.807, 2.05) is 0 Å². The topological polar surface area (TPSA) is 124 Å². The van der Waals surface area contributed by atoms with Gasteiger partial charge in [-0.25, -0.2) is 9.78 Å². The number of nitrogens with two attached hydrogens (primary N) is 1. The smallest absolute Gasteiger partial charge is 0.361 e. The zero-order valence-corrected chi connectivity index (χ0v) is 8.13. The van der Waals surface area contributed by atoms with Crippen molar-refractivity contribution in [2.45, 2.75) is 6.92 Å². The third kappa shape index (κ3) is 2.59. The highest BCUT2D eigenvalue weighted by atomic mass is 16.6. The number of aliphatic carboxylic acids is 1. The van der Waals surface area contributed by atoms with Crippen molar-refractivity contribution in [2.75, 3.05) is 12.8 Å². The summed E-state index contributed by atoms with van der Waals surface area (Å²) in [5, 5.41) is 12.1. The van der Waals surface area contributed by atoms with Crippen LogP contribution in [0.3, 0.4) is 0 Å². The van der Waals surface area contributed by atoms with Crippen LogP contribution < -0.4 is 5.73 Å². The summed E-state index contributed by atoms with van der Waals surface area (Å²) in [6.45, 7) is 1.56. The molecule has 8 nitrogen and oxygen atoms in total. The van der Waals surface area contributed by atoms with Crippen LogP contribution in [0.15, 0.2) is 5.16 Å². The number of nitrogen functional groups attached to an aromatic ring is 1. The molecule has 1 heterocycles. The first-order valence-electron chi connectivity index (χ1n) is 3.87. The van der Waals surface area contributed by atoms with E-state index in [0.717, 1.165) is 0 Å². The van der Waals surface area contributed by atoms with Gasteiger partial charge in [-0.1, -0.05) is 5.16 Å². The Morgan fingerprint density at radius 3 is 2.60 bits per heavy atom. The maximum Gasteiger partial charge on any atom is 0.361 e. The molecule has 0 aliphatic rings. The number of hydrogen-bond acceptors (Lipinski definition) is 7. The van der Waals surface area contributed by atoms with E-state index in [0.29, 0.717) is 5.82 Å². The minimum absolute atomic E-state index is 0.0671. The van der Waals surface area contributed by atoms with Crippen molar-refractivity contribution in [3.8, 4) is 0 Å². The molecule has 1 rings (SSSR count). The normalized spacial score (nSPS) is 11.2. The monoisotopic (exact) mass is 211 g/mol. The molecule has 0 aliphatic carbocycles. The highest BCUT2D eigenvalue weighted by molar-refractivity contribution is 6.41. The largest absolute Gasteiger partial charge is 0.476 e. The average Bonchev–Trinajstić information content (AvgIpc) is 2.11. The molecule has 0 fully saturated rings. The van der Waals surface area contributed by atoms with Crippen LogP contribution in [0.25, 0.3) is 0 Å². The maximum absolute atomic E-state index is 10.8. The van der Waals surface area contributed by atoms with Crippen LogP contribution in [-0.2, 0) is 9.63 Å². The second-order valence-corrected chi connectivity index (χ2v) is 2.49. The maximum atomic E-state index is 10.8. The van der Waals surface area contributed by atoms with Crippen LogP contribution >= 0.6 is 0 Å². The highest BCUT2D eigenvalue weighted by Crippen LogP contribution is 1.99. The predicted molar refractivity (Wildman–Crippen MR) is 50.2 cm³/mol. The zero-order valence-electron chi connectivity index (χ0n) is 8.13. The summed E-state index contributed by atoms with van der Waals surface area (Å²) in [4.78, 5) is 26.2. The lowest BCUT2D eigenvalue weighted by Crippen LogP contribution is -2.20. The molecule has 0 saturated heterocycles. The number of hydrogen-bond donors (Lipinski definition) is 2. The molecule has 3 N–H and O–H groups in total. The van der Waals surface area contributed by atoms with Gasteiger partial charge in [-0.2, -0.15) is 9.97 Å². The molecule has 0 saturated carbocycles. The average molecular weight is 211 g/mol. The summed E-state index contributed by atoms with van der Waals surface area (Å²) in [5.41, 5.74) is 4.92. The quantitative estimate of drug-likeness (QED) is 0.495. The fraction of sp³-hybridized carbons (Fsp3) is 0.286. The summed E-state index contributed by atoms with van der Waals surface area (Å²) in [6.07, 6.45) is 0.